The van der Waals surface area contributed by atoms with Gasteiger partial charge >= 0.3 is 0 Å². The molecule has 3 aliphatic heterocycles. The van der Waals surface area contributed by atoms with E-state index in [0.717, 1.165) is 58.4 Å². The molecule has 0 radical (unpaired) electrons. The zero-order valence-corrected chi connectivity index (χ0v) is 21.1. The third kappa shape index (κ3) is 7.53. The number of carbonyl (C=O) groups is 1. The minimum atomic E-state index is -0.0388. The number of alkyl halides is 1. The Kier molecular flexibility index (Phi) is 9.68. The summed E-state index contributed by atoms with van der Waals surface area (Å²) in [5.74, 6) is 0.424. The van der Waals surface area contributed by atoms with Crippen molar-refractivity contribution in [1.82, 2.24) is 20.4 Å². The van der Waals surface area contributed by atoms with E-state index in [1.807, 2.05) is 6.08 Å². The number of amides is 1. The number of allylic oxidation sites excluding steroid dienone is 2. The van der Waals surface area contributed by atoms with Crippen LogP contribution in [0.25, 0.3) is 0 Å². The van der Waals surface area contributed by atoms with Gasteiger partial charge in [0, 0.05) is 25.0 Å². The van der Waals surface area contributed by atoms with Crippen molar-refractivity contribution in [3.05, 3.63) is 23.8 Å². The number of halogens is 1. The topological polar surface area (TPSA) is 56.8 Å². The summed E-state index contributed by atoms with van der Waals surface area (Å²) in [4.78, 5) is 17.7. The Morgan fingerprint density at radius 2 is 1.91 bits per heavy atom. The number of piperidine rings is 1. The molecule has 4 unspecified atom stereocenters. The number of hydrogen-bond donors (Lipinski definition) is 2. The normalized spacial score (nSPS) is 32.5. The second-order valence-corrected chi connectivity index (χ2v) is 10.8. The van der Waals surface area contributed by atoms with E-state index in [1.54, 1.807) is 0 Å². The zero-order valence-electron chi connectivity index (χ0n) is 20.3. The van der Waals surface area contributed by atoms with E-state index in [0.29, 0.717) is 6.04 Å². The molecule has 0 aromatic carbocycles. The van der Waals surface area contributed by atoms with Gasteiger partial charge < -0.3 is 19.9 Å². The molecule has 1 amide bonds. The fraction of sp³-hybridized carbons (Fsp3) is 0.808. The molecule has 186 valence electrons. The lowest BCUT2D eigenvalue weighted by atomic mass is 9.95. The van der Waals surface area contributed by atoms with Gasteiger partial charge in [0.15, 0.2) is 0 Å². The predicted molar refractivity (Wildman–Crippen MR) is 134 cm³/mol. The van der Waals surface area contributed by atoms with Gasteiger partial charge in [-0.3, -0.25) is 10.1 Å². The van der Waals surface area contributed by atoms with E-state index in [4.69, 9.17) is 16.3 Å². The molecular weight excluding hydrogens is 436 g/mol. The summed E-state index contributed by atoms with van der Waals surface area (Å²) in [5.41, 5.74) is 1.19. The summed E-state index contributed by atoms with van der Waals surface area (Å²) in [5, 5.41) is 6.97. The highest BCUT2D eigenvalue weighted by atomic mass is 35.5. The second kappa shape index (κ2) is 12.7. The van der Waals surface area contributed by atoms with Crippen LogP contribution in [-0.4, -0.2) is 85.3 Å². The van der Waals surface area contributed by atoms with Crippen LogP contribution in [0.4, 0.5) is 0 Å². The highest BCUT2D eigenvalue weighted by Crippen LogP contribution is 2.25. The summed E-state index contributed by atoms with van der Waals surface area (Å²) >= 11 is 6.15. The maximum atomic E-state index is 12.7. The quantitative estimate of drug-likeness (QED) is 0.414. The molecule has 3 saturated heterocycles. The van der Waals surface area contributed by atoms with Gasteiger partial charge in [-0.05, 0) is 83.7 Å². The van der Waals surface area contributed by atoms with Crippen LogP contribution in [0.5, 0.6) is 0 Å². The molecular formula is C26H43ClN4O2. The van der Waals surface area contributed by atoms with Gasteiger partial charge in [-0.2, -0.15) is 0 Å². The Bertz CT molecular complexity index is 684. The summed E-state index contributed by atoms with van der Waals surface area (Å²) < 4.78 is 6.19. The van der Waals surface area contributed by atoms with E-state index < -0.39 is 0 Å². The first kappa shape index (κ1) is 25.2. The molecule has 4 atom stereocenters. The number of likely N-dealkylation sites (tertiary alicyclic amines) is 2. The summed E-state index contributed by atoms with van der Waals surface area (Å²) in [6, 6.07) is 0.308. The minimum Gasteiger partial charge on any atom is -0.356 e. The maximum absolute atomic E-state index is 12.7. The third-order valence-electron chi connectivity index (χ3n) is 7.72. The highest BCUT2D eigenvalue weighted by Gasteiger charge is 2.35. The van der Waals surface area contributed by atoms with Crippen molar-refractivity contribution < 1.29 is 9.53 Å². The molecule has 0 bridgehead atoms. The van der Waals surface area contributed by atoms with E-state index in [2.05, 4.69) is 39.5 Å². The van der Waals surface area contributed by atoms with E-state index >= 15 is 0 Å². The molecule has 1 aliphatic carbocycles. The molecule has 4 aliphatic rings. The predicted octanol–water partition coefficient (Wildman–Crippen LogP) is 3.28. The molecule has 0 aromatic heterocycles. The van der Waals surface area contributed by atoms with Gasteiger partial charge in [-0.15, -0.1) is 11.6 Å². The number of rotatable bonds is 8. The number of nitrogens with one attached hydrogen (secondary N) is 2. The average molecular weight is 479 g/mol. The van der Waals surface area contributed by atoms with Crippen molar-refractivity contribution in [3.8, 4) is 0 Å². The fourth-order valence-electron chi connectivity index (χ4n) is 5.53. The summed E-state index contributed by atoms with van der Waals surface area (Å²) in [6.07, 6.45) is 15.7. The Labute approximate surface area is 205 Å². The monoisotopic (exact) mass is 478 g/mol. The van der Waals surface area contributed by atoms with E-state index in [9.17, 15) is 4.79 Å². The molecule has 4 rings (SSSR count). The molecule has 0 spiro atoms. The highest BCUT2D eigenvalue weighted by molar-refractivity contribution is 6.22. The van der Waals surface area contributed by atoms with Crippen molar-refractivity contribution in [2.45, 2.75) is 82.0 Å². The van der Waals surface area contributed by atoms with Gasteiger partial charge in [0.1, 0.15) is 6.23 Å². The van der Waals surface area contributed by atoms with Crippen LogP contribution < -0.4 is 10.6 Å². The third-order valence-corrected chi connectivity index (χ3v) is 8.05. The number of ether oxygens (including phenoxy) is 1. The van der Waals surface area contributed by atoms with Crippen LogP contribution in [0.3, 0.4) is 0 Å². The smallest absolute Gasteiger partial charge is 0.223 e. The lowest BCUT2D eigenvalue weighted by Gasteiger charge is -2.33. The standard InChI is InChI=1S/C26H43ClN4O2/c1-20-24(29-26(33-20)22-7-9-23(27)10-8-22)19-31-17-11-21(12-18-31)25(32)28-13-6-16-30-14-4-2-3-5-15-30/h7-9,20-21,23-24,26,29H,2-6,10-19H2,1H3,(H,28,32). The zero-order chi connectivity index (χ0) is 23.0. The lowest BCUT2D eigenvalue weighted by Crippen LogP contribution is -2.47. The number of nitrogens with zero attached hydrogens (tertiary/aromatic N) is 2. The SMILES string of the molecule is CC1OC(C2=CCC(Cl)C=C2)NC1CN1CCC(C(=O)NCCCN2CCCCCC2)CC1. The minimum absolute atomic E-state index is 0.0388. The molecule has 2 N–H and O–H groups in total. The van der Waals surface area contributed by atoms with Crippen molar-refractivity contribution in [2.75, 3.05) is 45.8 Å². The van der Waals surface area contributed by atoms with Crippen LogP contribution in [0.2, 0.25) is 0 Å². The average Bonchev–Trinajstić information content (AvgIpc) is 3.01. The molecule has 0 aromatic rings. The fourth-order valence-corrected chi connectivity index (χ4v) is 5.70. The lowest BCUT2D eigenvalue weighted by molar-refractivity contribution is -0.126. The van der Waals surface area contributed by atoms with E-state index in [1.165, 1.54) is 44.3 Å². The van der Waals surface area contributed by atoms with Crippen LogP contribution >= 0.6 is 11.6 Å². The maximum Gasteiger partial charge on any atom is 0.223 e. The van der Waals surface area contributed by atoms with Gasteiger partial charge in [0.2, 0.25) is 5.91 Å². The van der Waals surface area contributed by atoms with Crippen LogP contribution in [0.15, 0.2) is 23.8 Å². The first-order valence-electron chi connectivity index (χ1n) is 13.2. The van der Waals surface area contributed by atoms with Gasteiger partial charge in [-0.25, -0.2) is 0 Å². The first-order chi connectivity index (χ1) is 16.1. The molecule has 0 saturated carbocycles. The Morgan fingerprint density at radius 3 is 2.61 bits per heavy atom. The number of carbonyl (C=O) groups excluding carboxylic acids is 1. The van der Waals surface area contributed by atoms with Crippen LogP contribution in [0, 0.1) is 5.92 Å². The van der Waals surface area contributed by atoms with Crippen LogP contribution in [-0.2, 0) is 9.53 Å². The van der Waals surface area contributed by atoms with E-state index in [-0.39, 0.29) is 29.5 Å². The largest absolute Gasteiger partial charge is 0.356 e. The number of hydrogen-bond acceptors (Lipinski definition) is 5. The van der Waals surface area contributed by atoms with Crippen molar-refractivity contribution in [2.24, 2.45) is 5.92 Å². The molecule has 3 fully saturated rings. The first-order valence-corrected chi connectivity index (χ1v) is 13.7. The molecule has 33 heavy (non-hydrogen) atoms. The van der Waals surface area contributed by atoms with Crippen molar-refractivity contribution in [3.63, 3.8) is 0 Å². The summed E-state index contributed by atoms with van der Waals surface area (Å²) in [7, 11) is 0. The second-order valence-electron chi connectivity index (χ2n) is 10.3. The summed E-state index contributed by atoms with van der Waals surface area (Å²) in [6.45, 7) is 9.48. The molecule has 3 heterocycles. The van der Waals surface area contributed by atoms with Crippen LogP contribution in [0.1, 0.15) is 58.3 Å². The Balaban J connectivity index is 1.11. The Morgan fingerprint density at radius 1 is 1.15 bits per heavy atom. The van der Waals surface area contributed by atoms with Gasteiger partial charge in [0.25, 0.3) is 0 Å². The van der Waals surface area contributed by atoms with Gasteiger partial charge in [0.05, 0.1) is 11.5 Å². The van der Waals surface area contributed by atoms with Crippen molar-refractivity contribution in [1.29, 1.82) is 0 Å². The molecule has 7 heteroatoms. The molecule has 6 nitrogen and oxygen atoms in total. The van der Waals surface area contributed by atoms with Gasteiger partial charge in [-0.1, -0.05) is 31.1 Å². The Hall–Kier alpha value is -0.920. The van der Waals surface area contributed by atoms with Crippen molar-refractivity contribution >= 4 is 17.5 Å².